The molecule has 0 aliphatic heterocycles. The molecule has 0 heterocycles. The number of benzene rings is 1. The fourth-order valence-electron chi connectivity index (χ4n) is 1.88. The number of likely N-dealkylation sites (N-methyl/N-ethyl adjacent to an activating group) is 1. The second-order valence-corrected chi connectivity index (χ2v) is 4.34. The minimum atomic E-state index is -0.328. The van der Waals surface area contributed by atoms with Gasteiger partial charge in [-0.05, 0) is 31.0 Å². The minimum Gasteiger partial charge on any atom is -0.314 e. The molecule has 0 spiro atoms. The first-order valence-corrected chi connectivity index (χ1v) is 6.23. The summed E-state index contributed by atoms with van der Waals surface area (Å²) < 4.78 is 13.2. The van der Waals surface area contributed by atoms with Crippen LogP contribution in [0.4, 0.5) is 4.39 Å². The van der Waals surface area contributed by atoms with E-state index in [0.29, 0.717) is 6.04 Å². The Bertz CT molecular complexity index is 322. The van der Waals surface area contributed by atoms with Gasteiger partial charge < -0.3 is 5.32 Å². The Morgan fingerprint density at radius 1 is 1.38 bits per heavy atom. The lowest BCUT2D eigenvalue weighted by atomic mass is 10.0. The average Bonchev–Trinajstić information content (AvgIpc) is 2.25. The largest absolute Gasteiger partial charge is 0.314 e. The zero-order chi connectivity index (χ0) is 12.0. The van der Waals surface area contributed by atoms with Gasteiger partial charge in [-0.25, -0.2) is 4.39 Å². The second kappa shape index (κ2) is 6.87. The van der Waals surface area contributed by atoms with Crippen LogP contribution in [-0.2, 0) is 6.42 Å². The van der Waals surface area contributed by atoms with Gasteiger partial charge in [0.05, 0.1) is 5.02 Å². The molecule has 1 N–H and O–H groups in total. The van der Waals surface area contributed by atoms with Crippen molar-refractivity contribution in [2.75, 3.05) is 6.54 Å². The predicted octanol–water partition coefficient (Wildman–Crippen LogP) is 3.80. The van der Waals surface area contributed by atoms with E-state index >= 15 is 0 Å². The summed E-state index contributed by atoms with van der Waals surface area (Å²) in [6.45, 7) is 5.16. The highest BCUT2D eigenvalue weighted by molar-refractivity contribution is 6.31. The molecule has 1 atom stereocenters. The van der Waals surface area contributed by atoms with Crippen molar-refractivity contribution in [2.45, 2.75) is 39.2 Å². The summed E-state index contributed by atoms with van der Waals surface area (Å²) in [5.74, 6) is -0.328. The van der Waals surface area contributed by atoms with E-state index in [2.05, 4.69) is 19.2 Å². The van der Waals surface area contributed by atoms with E-state index in [1.54, 1.807) is 6.07 Å². The summed E-state index contributed by atoms with van der Waals surface area (Å²) in [5.41, 5.74) is 0.890. The molecule has 16 heavy (non-hydrogen) atoms. The van der Waals surface area contributed by atoms with Gasteiger partial charge in [-0.15, -0.1) is 0 Å². The van der Waals surface area contributed by atoms with Crippen molar-refractivity contribution in [2.24, 2.45) is 0 Å². The molecule has 0 aliphatic carbocycles. The zero-order valence-electron chi connectivity index (χ0n) is 9.89. The SMILES string of the molecule is CCCC(Cc1cccc(F)c1Cl)NCC. The highest BCUT2D eigenvalue weighted by Gasteiger charge is 2.11. The Labute approximate surface area is 102 Å². The van der Waals surface area contributed by atoms with Crippen LogP contribution in [0.1, 0.15) is 32.3 Å². The molecule has 0 aromatic heterocycles. The van der Waals surface area contributed by atoms with Gasteiger partial charge in [0.1, 0.15) is 5.82 Å². The third-order valence-electron chi connectivity index (χ3n) is 2.63. The van der Waals surface area contributed by atoms with E-state index in [-0.39, 0.29) is 10.8 Å². The van der Waals surface area contributed by atoms with Crippen LogP contribution in [-0.4, -0.2) is 12.6 Å². The fraction of sp³-hybridized carbons (Fsp3) is 0.538. The van der Waals surface area contributed by atoms with E-state index < -0.39 is 0 Å². The third-order valence-corrected chi connectivity index (χ3v) is 3.05. The predicted molar refractivity (Wildman–Crippen MR) is 67.5 cm³/mol. The Hall–Kier alpha value is -0.600. The van der Waals surface area contributed by atoms with Crippen LogP contribution in [0.15, 0.2) is 18.2 Å². The first kappa shape index (κ1) is 13.5. The molecular weight excluding hydrogens is 225 g/mol. The molecule has 0 saturated heterocycles. The van der Waals surface area contributed by atoms with Crippen LogP contribution in [0, 0.1) is 5.82 Å². The molecule has 0 fully saturated rings. The molecule has 0 saturated carbocycles. The van der Waals surface area contributed by atoms with E-state index in [1.807, 2.05) is 6.07 Å². The molecule has 1 rings (SSSR count). The molecule has 1 unspecified atom stereocenters. The third kappa shape index (κ3) is 3.76. The quantitative estimate of drug-likeness (QED) is 0.802. The van der Waals surface area contributed by atoms with Gasteiger partial charge in [0.25, 0.3) is 0 Å². The topological polar surface area (TPSA) is 12.0 Å². The Morgan fingerprint density at radius 3 is 2.75 bits per heavy atom. The van der Waals surface area contributed by atoms with E-state index in [1.165, 1.54) is 6.07 Å². The van der Waals surface area contributed by atoms with E-state index in [4.69, 9.17) is 11.6 Å². The Balaban J connectivity index is 2.72. The molecule has 90 valence electrons. The Morgan fingerprint density at radius 2 is 2.12 bits per heavy atom. The van der Waals surface area contributed by atoms with Crippen molar-refractivity contribution < 1.29 is 4.39 Å². The summed E-state index contributed by atoms with van der Waals surface area (Å²) in [5, 5.41) is 3.66. The first-order chi connectivity index (χ1) is 7.69. The maximum absolute atomic E-state index is 13.2. The van der Waals surface area contributed by atoms with Crippen LogP contribution >= 0.6 is 11.6 Å². The van der Waals surface area contributed by atoms with Crippen molar-refractivity contribution in [3.63, 3.8) is 0 Å². The molecule has 0 radical (unpaired) electrons. The van der Waals surface area contributed by atoms with Crippen molar-refractivity contribution in [3.05, 3.63) is 34.6 Å². The fourth-order valence-corrected chi connectivity index (χ4v) is 2.09. The van der Waals surface area contributed by atoms with Crippen molar-refractivity contribution in [3.8, 4) is 0 Å². The molecule has 3 heteroatoms. The van der Waals surface area contributed by atoms with Gasteiger partial charge in [0.2, 0.25) is 0 Å². The highest BCUT2D eigenvalue weighted by Crippen LogP contribution is 2.21. The van der Waals surface area contributed by atoms with Gasteiger partial charge in [0, 0.05) is 6.04 Å². The van der Waals surface area contributed by atoms with Gasteiger partial charge in [-0.1, -0.05) is 44.0 Å². The molecular formula is C13H19ClFN. The lowest BCUT2D eigenvalue weighted by molar-refractivity contribution is 0.484. The number of rotatable bonds is 6. The lowest BCUT2D eigenvalue weighted by Gasteiger charge is -2.17. The summed E-state index contributed by atoms with van der Waals surface area (Å²) in [7, 11) is 0. The minimum absolute atomic E-state index is 0.265. The summed E-state index contributed by atoms with van der Waals surface area (Å²) in [4.78, 5) is 0. The van der Waals surface area contributed by atoms with Crippen LogP contribution in [0.5, 0.6) is 0 Å². The van der Waals surface area contributed by atoms with Crippen LogP contribution in [0.25, 0.3) is 0 Å². The zero-order valence-corrected chi connectivity index (χ0v) is 10.6. The van der Waals surface area contributed by atoms with Gasteiger partial charge in [0.15, 0.2) is 0 Å². The van der Waals surface area contributed by atoms with Gasteiger partial charge in [-0.3, -0.25) is 0 Å². The van der Waals surface area contributed by atoms with Crippen molar-refractivity contribution >= 4 is 11.6 Å². The van der Waals surface area contributed by atoms with E-state index in [0.717, 1.165) is 31.4 Å². The number of hydrogen-bond acceptors (Lipinski definition) is 1. The highest BCUT2D eigenvalue weighted by atomic mass is 35.5. The molecule has 1 aromatic rings. The van der Waals surface area contributed by atoms with Crippen molar-refractivity contribution in [1.29, 1.82) is 0 Å². The molecule has 0 amide bonds. The summed E-state index contributed by atoms with van der Waals surface area (Å²) in [6, 6.07) is 5.39. The normalized spacial score (nSPS) is 12.8. The number of halogens is 2. The maximum Gasteiger partial charge on any atom is 0.142 e. The number of hydrogen-bond donors (Lipinski definition) is 1. The van der Waals surface area contributed by atoms with E-state index in [9.17, 15) is 4.39 Å². The summed E-state index contributed by atoms with van der Waals surface area (Å²) >= 11 is 5.93. The van der Waals surface area contributed by atoms with Crippen LogP contribution < -0.4 is 5.32 Å². The molecule has 0 bridgehead atoms. The van der Waals surface area contributed by atoms with Crippen LogP contribution in [0.2, 0.25) is 5.02 Å². The van der Waals surface area contributed by atoms with Gasteiger partial charge >= 0.3 is 0 Å². The van der Waals surface area contributed by atoms with Crippen LogP contribution in [0.3, 0.4) is 0 Å². The monoisotopic (exact) mass is 243 g/mol. The maximum atomic E-state index is 13.2. The lowest BCUT2D eigenvalue weighted by Crippen LogP contribution is -2.30. The number of nitrogens with one attached hydrogen (secondary N) is 1. The first-order valence-electron chi connectivity index (χ1n) is 5.85. The second-order valence-electron chi connectivity index (χ2n) is 3.96. The standard InChI is InChI=1S/C13H19ClFN/c1-3-6-11(16-4-2)9-10-7-5-8-12(15)13(10)14/h5,7-8,11,16H,3-4,6,9H2,1-2H3. The average molecular weight is 244 g/mol. The molecule has 1 nitrogen and oxygen atoms in total. The Kier molecular flexibility index (Phi) is 5.78. The molecule has 0 aliphatic rings. The van der Waals surface area contributed by atoms with Gasteiger partial charge in [-0.2, -0.15) is 0 Å². The smallest absolute Gasteiger partial charge is 0.142 e. The molecule has 1 aromatic carbocycles. The van der Waals surface area contributed by atoms with Crippen molar-refractivity contribution in [1.82, 2.24) is 5.32 Å². The summed E-state index contributed by atoms with van der Waals surface area (Å²) in [6.07, 6.45) is 2.99.